The van der Waals surface area contributed by atoms with Crippen LogP contribution in [0.1, 0.15) is 25.3 Å². The van der Waals surface area contributed by atoms with Crippen molar-refractivity contribution in [3.05, 3.63) is 34.6 Å². The van der Waals surface area contributed by atoms with E-state index in [1.807, 2.05) is 6.92 Å². The molecule has 0 spiro atoms. The Balaban J connectivity index is 2.62. The van der Waals surface area contributed by atoms with Crippen molar-refractivity contribution < 1.29 is 14.3 Å². The van der Waals surface area contributed by atoms with Gasteiger partial charge in [-0.25, -0.2) is 4.39 Å². The fourth-order valence-electron chi connectivity index (χ4n) is 1.71. The van der Waals surface area contributed by atoms with Gasteiger partial charge in [0.15, 0.2) is 0 Å². The molecule has 3 nitrogen and oxygen atoms in total. The summed E-state index contributed by atoms with van der Waals surface area (Å²) in [7, 11) is 0. The quantitative estimate of drug-likeness (QED) is 0.776. The molecule has 100 valence electrons. The summed E-state index contributed by atoms with van der Waals surface area (Å²) in [6.07, 6.45) is 1.60. The first-order chi connectivity index (χ1) is 8.56. The molecule has 5 heteroatoms. The molecule has 0 aliphatic rings. The van der Waals surface area contributed by atoms with E-state index in [0.717, 1.165) is 6.42 Å². The van der Waals surface area contributed by atoms with Crippen LogP contribution in [0, 0.1) is 5.82 Å². The van der Waals surface area contributed by atoms with Gasteiger partial charge in [0.05, 0.1) is 11.1 Å². The van der Waals surface area contributed by atoms with E-state index in [0.29, 0.717) is 18.4 Å². The summed E-state index contributed by atoms with van der Waals surface area (Å²) in [5.41, 5.74) is 0.646. The van der Waals surface area contributed by atoms with Gasteiger partial charge in [-0.15, -0.1) is 0 Å². The van der Waals surface area contributed by atoms with Gasteiger partial charge in [0.2, 0.25) is 6.41 Å². The summed E-state index contributed by atoms with van der Waals surface area (Å²) in [6.45, 7) is 2.48. The van der Waals surface area contributed by atoms with Crippen molar-refractivity contribution in [1.29, 1.82) is 0 Å². The van der Waals surface area contributed by atoms with Crippen LogP contribution < -0.4 is 0 Å². The molecular weight excluding hydrogens is 257 g/mol. The number of carbonyl (C=O) groups is 1. The molecule has 1 unspecified atom stereocenters. The van der Waals surface area contributed by atoms with Gasteiger partial charge in [0, 0.05) is 13.1 Å². The molecule has 0 fully saturated rings. The molecule has 0 saturated carbocycles. The molecule has 0 aromatic heterocycles. The van der Waals surface area contributed by atoms with E-state index in [-0.39, 0.29) is 18.1 Å². The van der Waals surface area contributed by atoms with Crippen molar-refractivity contribution in [3.8, 4) is 0 Å². The lowest BCUT2D eigenvalue weighted by Crippen LogP contribution is -2.30. The summed E-state index contributed by atoms with van der Waals surface area (Å²) in [4.78, 5) is 12.3. The summed E-state index contributed by atoms with van der Waals surface area (Å²) < 4.78 is 13.2. The number of hydrogen-bond donors (Lipinski definition) is 1. The standard InChI is InChI=1S/C13H17ClFNO2/c1-2-3-11(18)8-16(9-17)7-10-4-5-12(14)13(15)6-10/h4-6,9,11,18H,2-3,7-8H2,1H3. The SMILES string of the molecule is CCCC(O)CN(C=O)Cc1ccc(Cl)c(F)c1. The number of carbonyl (C=O) groups excluding carboxylic acids is 1. The van der Waals surface area contributed by atoms with Crippen LogP contribution in [0.25, 0.3) is 0 Å². The van der Waals surface area contributed by atoms with E-state index in [2.05, 4.69) is 0 Å². The van der Waals surface area contributed by atoms with Crippen molar-refractivity contribution in [2.75, 3.05) is 6.54 Å². The van der Waals surface area contributed by atoms with E-state index in [4.69, 9.17) is 11.6 Å². The Morgan fingerprint density at radius 1 is 1.56 bits per heavy atom. The van der Waals surface area contributed by atoms with Gasteiger partial charge in [0.1, 0.15) is 5.82 Å². The molecule has 0 aliphatic carbocycles. The number of nitrogens with zero attached hydrogens (tertiary/aromatic N) is 1. The molecule has 0 aliphatic heterocycles. The molecule has 1 aromatic rings. The Morgan fingerprint density at radius 3 is 2.83 bits per heavy atom. The van der Waals surface area contributed by atoms with Crippen LogP contribution in [0.4, 0.5) is 4.39 Å². The van der Waals surface area contributed by atoms with Gasteiger partial charge in [-0.3, -0.25) is 4.79 Å². The van der Waals surface area contributed by atoms with Crippen LogP contribution in [0.15, 0.2) is 18.2 Å². The number of halogens is 2. The Labute approximate surface area is 111 Å². The summed E-state index contributed by atoms with van der Waals surface area (Å²) in [6, 6.07) is 4.41. The van der Waals surface area contributed by atoms with Crippen molar-refractivity contribution in [2.45, 2.75) is 32.4 Å². The first kappa shape index (κ1) is 14.9. The zero-order valence-corrected chi connectivity index (χ0v) is 11.0. The Kier molecular flexibility index (Phi) is 6.09. The maximum atomic E-state index is 13.2. The smallest absolute Gasteiger partial charge is 0.210 e. The zero-order chi connectivity index (χ0) is 13.5. The van der Waals surface area contributed by atoms with Crippen LogP contribution in [0.5, 0.6) is 0 Å². The van der Waals surface area contributed by atoms with Crippen molar-refractivity contribution in [2.24, 2.45) is 0 Å². The normalized spacial score (nSPS) is 12.2. The highest BCUT2D eigenvalue weighted by Gasteiger charge is 2.10. The molecule has 0 radical (unpaired) electrons. The Hall–Kier alpha value is -1.13. The number of hydrogen-bond acceptors (Lipinski definition) is 2. The third-order valence-electron chi connectivity index (χ3n) is 2.59. The number of amides is 1. The molecule has 18 heavy (non-hydrogen) atoms. The molecule has 1 rings (SSSR count). The maximum Gasteiger partial charge on any atom is 0.210 e. The van der Waals surface area contributed by atoms with Gasteiger partial charge in [-0.2, -0.15) is 0 Å². The lowest BCUT2D eigenvalue weighted by atomic mass is 10.1. The minimum Gasteiger partial charge on any atom is -0.391 e. The molecule has 0 bridgehead atoms. The first-order valence-corrected chi connectivity index (χ1v) is 6.26. The number of rotatable bonds is 7. The molecular formula is C13H17ClFNO2. The minimum atomic E-state index is -0.544. The topological polar surface area (TPSA) is 40.5 Å². The minimum absolute atomic E-state index is 0.0578. The van der Waals surface area contributed by atoms with Gasteiger partial charge in [-0.05, 0) is 24.1 Å². The Bertz CT molecular complexity index is 401. The van der Waals surface area contributed by atoms with E-state index < -0.39 is 11.9 Å². The summed E-state index contributed by atoms with van der Waals surface area (Å²) in [5, 5.41) is 9.69. The van der Waals surface area contributed by atoms with Crippen LogP contribution in [0.3, 0.4) is 0 Å². The average molecular weight is 274 g/mol. The second kappa shape index (κ2) is 7.34. The molecule has 0 saturated heterocycles. The van der Waals surface area contributed by atoms with E-state index in [1.165, 1.54) is 17.0 Å². The maximum absolute atomic E-state index is 13.2. The average Bonchev–Trinajstić information content (AvgIpc) is 2.33. The van der Waals surface area contributed by atoms with Crippen LogP contribution in [0.2, 0.25) is 5.02 Å². The van der Waals surface area contributed by atoms with E-state index >= 15 is 0 Å². The largest absolute Gasteiger partial charge is 0.391 e. The first-order valence-electron chi connectivity index (χ1n) is 5.88. The van der Waals surface area contributed by atoms with Gasteiger partial charge in [-0.1, -0.05) is 31.0 Å². The van der Waals surface area contributed by atoms with Crippen LogP contribution in [-0.4, -0.2) is 29.1 Å². The summed E-state index contributed by atoms with van der Waals surface area (Å²) >= 11 is 5.58. The molecule has 1 aromatic carbocycles. The van der Waals surface area contributed by atoms with Crippen molar-refractivity contribution in [1.82, 2.24) is 4.90 Å². The molecule has 1 N–H and O–H groups in total. The lowest BCUT2D eigenvalue weighted by Gasteiger charge is -2.20. The number of benzene rings is 1. The predicted octanol–water partition coefficient (Wildman–Crippen LogP) is 2.60. The fraction of sp³-hybridized carbons (Fsp3) is 0.462. The summed E-state index contributed by atoms with van der Waals surface area (Å²) in [5.74, 6) is -0.505. The van der Waals surface area contributed by atoms with E-state index in [1.54, 1.807) is 6.07 Å². The predicted molar refractivity (Wildman–Crippen MR) is 68.8 cm³/mol. The highest BCUT2D eigenvalue weighted by molar-refractivity contribution is 6.30. The second-order valence-corrected chi connectivity index (χ2v) is 4.63. The molecule has 1 atom stereocenters. The lowest BCUT2D eigenvalue weighted by molar-refractivity contribution is -0.120. The van der Waals surface area contributed by atoms with Gasteiger partial charge >= 0.3 is 0 Å². The van der Waals surface area contributed by atoms with Gasteiger partial charge < -0.3 is 10.0 Å². The van der Waals surface area contributed by atoms with Crippen LogP contribution >= 0.6 is 11.6 Å². The highest BCUT2D eigenvalue weighted by atomic mass is 35.5. The van der Waals surface area contributed by atoms with E-state index in [9.17, 15) is 14.3 Å². The third kappa shape index (κ3) is 4.63. The monoisotopic (exact) mass is 273 g/mol. The third-order valence-corrected chi connectivity index (χ3v) is 2.89. The molecule has 0 heterocycles. The number of aliphatic hydroxyl groups is 1. The van der Waals surface area contributed by atoms with Crippen LogP contribution in [-0.2, 0) is 11.3 Å². The number of aliphatic hydroxyl groups excluding tert-OH is 1. The van der Waals surface area contributed by atoms with Crippen molar-refractivity contribution >= 4 is 18.0 Å². The highest BCUT2D eigenvalue weighted by Crippen LogP contribution is 2.16. The van der Waals surface area contributed by atoms with Gasteiger partial charge in [0.25, 0.3) is 0 Å². The second-order valence-electron chi connectivity index (χ2n) is 4.23. The van der Waals surface area contributed by atoms with Crippen molar-refractivity contribution in [3.63, 3.8) is 0 Å². The fourth-order valence-corrected chi connectivity index (χ4v) is 1.83. The molecule has 1 amide bonds. The Morgan fingerprint density at radius 2 is 2.28 bits per heavy atom. The zero-order valence-electron chi connectivity index (χ0n) is 10.3.